The molecule has 1 nitrogen and oxygen atoms in total. The Labute approximate surface area is 147 Å². The van der Waals surface area contributed by atoms with Crippen LogP contribution in [0.25, 0.3) is 5.73 Å². The molecule has 0 heterocycles. The van der Waals surface area contributed by atoms with Crippen LogP contribution in [0.1, 0.15) is 47.1 Å². The average molecular weight is 510 g/mol. The molecule has 0 amide bonds. The molecule has 0 bridgehead atoms. The van der Waals surface area contributed by atoms with Crippen molar-refractivity contribution >= 4 is 24.5 Å². The van der Waals surface area contributed by atoms with Gasteiger partial charge in [0.15, 0.2) is 0 Å². The molecule has 0 aliphatic heterocycles. The van der Waals surface area contributed by atoms with Crippen LogP contribution in [-0.4, -0.2) is 0 Å². The fourth-order valence-electron chi connectivity index (χ4n) is 0.929. The molecule has 0 atom stereocenters. The van der Waals surface area contributed by atoms with Crippen LogP contribution < -0.4 is 0 Å². The van der Waals surface area contributed by atoms with Gasteiger partial charge in [0, 0.05) is 10.8 Å². The summed E-state index contributed by atoms with van der Waals surface area (Å²) in [6.45, 7) is 14.8. The summed E-state index contributed by atoms with van der Waals surface area (Å²) >= 11 is -0.472. The van der Waals surface area contributed by atoms with E-state index in [9.17, 15) is 0 Å². The zero-order valence-corrected chi connectivity index (χ0v) is 17.7. The van der Waals surface area contributed by atoms with Crippen molar-refractivity contribution in [3.05, 3.63) is 35.6 Å². The normalized spacial score (nSPS) is 10.3. The second kappa shape index (κ2) is 11.4. The van der Waals surface area contributed by atoms with Gasteiger partial charge >= 0.3 is 35.3 Å². The van der Waals surface area contributed by atoms with Gasteiger partial charge in [-0.1, -0.05) is 41.7 Å². The first-order chi connectivity index (χ1) is 9.41. The molecule has 1 aromatic carbocycles. The summed E-state index contributed by atoms with van der Waals surface area (Å²) < 4.78 is 0. The van der Waals surface area contributed by atoms with Crippen molar-refractivity contribution in [1.29, 1.82) is 0 Å². The molecule has 0 unspecified atom stereocenters. The van der Waals surface area contributed by atoms with Gasteiger partial charge in [-0.15, -0.1) is 5.69 Å². The van der Waals surface area contributed by atoms with Gasteiger partial charge in [-0.2, -0.15) is 0 Å². The van der Waals surface area contributed by atoms with E-state index in [1.807, 2.05) is 19.1 Å². The van der Waals surface area contributed by atoms with Crippen molar-refractivity contribution in [2.75, 3.05) is 0 Å². The molecule has 4 heteroatoms. The van der Waals surface area contributed by atoms with Crippen molar-refractivity contribution in [3.8, 4) is 11.8 Å². The van der Waals surface area contributed by atoms with E-state index < -0.39 is 16.5 Å². The van der Waals surface area contributed by atoms with Gasteiger partial charge in [-0.25, -0.2) is 0 Å². The molecule has 124 valence electrons. The van der Waals surface area contributed by atoms with E-state index in [0.29, 0.717) is 5.69 Å². The Balaban J connectivity index is 0. The van der Waals surface area contributed by atoms with E-state index in [-0.39, 0.29) is 10.8 Å². The topological polar surface area (TPSA) is 23.8 Å². The third-order valence-corrected chi connectivity index (χ3v) is 1.86. The number of hydrogen-bond acceptors (Lipinski definition) is 0. The predicted octanol–water partition coefficient (Wildman–Crippen LogP) is 7.14. The second-order valence-corrected chi connectivity index (χ2v) is 9.94. The zero-order chi connectivity index (χ0) is 17.1. The molecule has 0 aliphatic rings. The van der Waals surface area contributed by atoms with Gasteiger partial charge < -0.3 is 5.73 Å². The molecule has 0 aromatic heterocycles. The van der Waals surface area contributed by atoms with Crippen LogP contribution in [0.2, 0.25) is 0 Å². The SMILES string of the molecule is CC(C)(C)C#CC(C)(C)C.Cc1ccc([NH-])cc1.[Cl][Pt][Cl]. The van der Waals surface area contributed by atoms with Gasteiger partial charge in [0.1, 0.15) is 0 Å². The van der Waals surface area contributed by atoms with E-state index in [0.717, 1.165) is 0 Å². The summed E-state index contributed by atoms with van der Waals surface area (Å²) in [5.41, 5.74) is 9.17. The standard InChI is InChI=1S/C10H18.C7H8N.2ClH.Pt/c1-9(2,3)7-8-10(4,5)6;1-6-2-4-7(8)5-3-6;;;/h1-6H3;2-5,8H,1H3;2*1H;/q;-1;;;+2/p-2. The minimum absolute atomic E-state index is 0.146. The first-order valence-corrected chi connectivity index (χ1v) is 12.2. The molecule has 1 N–H and O–H groups in total. The third-order valence-electron chi connectivity index (χ3n) is 1.86. The molecular weight excluding hydrogens is 484 g/mol. The van der Waals surface area contributed by atoms with E-state index in [1.165, 1.54) is 5.56 Å². The van der Waals surface area contributed by atoms with E-state index >= 15 is 0 Å². The van der Waals surface area contributed by atoms with Gasteiger partial charge in [-0.3, -0.25) is 0 Å². The summed E-state index contributed by atoms with van der Waals surface area (Å²) in [6.07, 6.45) is 0. The molecule has 0 aliphatic carbocycles. The van der Waals surface area contributed by atoms with Gasteiger partial charge in [0.2, 0.25) is 0 Å². The Kier molecular flexibility index (Phi) is 12.6. The van der Waals surface area contributed by atoms with Crippen LogP contribution in [-0.2, 0) is 16.5 Å². The number of aryl methyl sites for hydroxylation is 1. The Bertz CT molecular complexity index is 392. The number of halogens is 2. The number of benzene rings is 1. The minimum atomic E-state index is -0.472. The first-order valence-electron chi connectivity index (χ1n) is 6.56. The van der Waals surface area contributed by atoms with Crippen LogP contribution in [0.15, 0.2) is 24.3 Å². The zero-order valence-electron chi connectivity index (χ0n) is 13.9. The fourth-order valence-corrected chi connectivity index (χ4v) is 0.929. The van der Waals surface area contributed by atoms with Crippen molar-refractivity contribution in [2.24, 2.45) is 10.8 Å². The van der Waals surface area contributed by atoms with Crippen LogP contribution in [0.4, 0.5) is 5.69 Å². The van der Waals surface area contributed by atoms with Crippen molar-refractivity contribution in [3.63, 3.8) is 0 Å². The molecule has 0 spiro atoms. The van der Waals surface area contributed by atoms with Gasteiger partial charge in [0.25, 0.3) is 0 Å². The summed E-state index contributed by atoms with van der Waals surface area (Å²) in [5.74, 6) is 6.42. The predicted molar refractivity (Wildman–Crippen MR) is 93.6 cm³/mol. The second-order valence-electron chi connectivity index (χ2n) is 6.66. The van der Waals surface area contributed by atoms with Gasteiger partial charge in [0.05, 0.1) is 0 Å². The molecule has 0 saturated carbocycles. The van der Waals surface area contributed by atoms with Crippen LogP contribution in [0.3, 0.4) is 0 Å². The Morgan fingerprint density at radius 1 is 0.857 bits per heavy atom. The van der Waals surface area contributed by atoms with E-state index in [1.54, 1.807) is 12.1 Å². The Hall–Kier alpha value is -0.152. The fraction of sp³-hybridized carbons (Fsp3) is 0.529. The molecule has 0 radical (unpaired) electrons. The van der Waals surface area contributed by atoms with Gasteiger partial charge in [-0.05, 0) is 48.5 Å². The quantitative estimate of drug-likeness (QED) is 0.332. The van der Waals surface area contributed by atoms with Crippen molar-refractivity contribution in [1.82, 2.24) is 0 Å². The molecule has 21 heavy (non-hydrogen) atoms. The maximum absolute atomic E-state index is 7.09. The number of hydrogen-bond donors (Lipinski definition) is 0. The summed E-state index contributed by atoms with van der Waals surface area (Å²) in [7, 11) is 9.75. The molecular formula is C17H26Cl2NPt-. The summed E-state index contributed by atoms with van der Waals surface area (Å²) in [4.78, 5) is 0. The number of nitrogens with one attached hydrogen (secondary N) is 1. The van der Waals surface area contributed by atoms with Crippen LogP contribution in [0, 0.1) is 29.6 Å². The van der Waals surface area contributed by atoms with E-state index in [4.69, 9.17) is 24.6 Å². The van der Waals surface area contributed by atoms with Crippen molar-refractivity contribution in [2.45, 2.75) is 48.5 Å². The maximum atomic E-state index is 7.09. The molecule has 1 aromatic rings. The average Bonchev–Trinajstić information content (AvgIpc) is 2.31. The number of rotatable bonds is 0. The van der Waals surface area contributed by atoms with E-state index in [2.05, 4.69) is 53.4 Å². The van der Waals surface area contributed by atoms with Crippen LogP contribution >= 0.6 is 18.8 Å². The van der Waals surface area contributed by atoms with Crippen molar-refractivity contribution < 1.29 is 16.5 Å². The third kappa shape index (κ3) is 22.3. The monoisotopic (exact) mass is 509 g/mol. The Morgan fingerprint density at radius 3 is 1.33 bits per heavy atom. The summed E-state index contributed by atoms with van der Waals surface area (Å²) in [5, 5.41) is 0. The summed E-state index contributed by atoms with van der Waals surface area (Å²) in [6, 6.07) is 7.44. The Morgan fingerprint density at radius 2 is 1.14 bits per heavy atom. The molecule has 1 rings (SSSR count). The van der Waals surface area contributed by atoms with Crippen LogP contribution in [0.5, 0.6) is 0 Å². The first kappa shape index (κ1) is 23.1. The molecule has 0 fully saturated rings. The molecule has 0 saturated heterocycles.